The first kappa shape index (κ1) is 12.7. The molecule has 3 rings (SSSR count). The normalized spacial score (nSPS) is 16.5. The summed E-state index contributed by atoms with van der Waals surface area (Å²) in [6.07, 6.45) is 5.25. The van der Waals surface area contributed by atoms with Crippen LogP contribution in [0.3, 0.4) is 0 Å². The van der Waals surface area contributed by atoms with Crippen molar-refractivity contribution in [2.45, 2.75) is 18.8 Å². The van der Waals surface area contributed by atoms with E-state index < -0.39 is 0 Å². The number of carbonyl (C=O) groups excluding carboxylic acids is 1. The SMILES string of the molecule is O=C(NCCCc1ncc[nH]1)C1COc2ccccc21. The second-order valence-corrected chi connectivity index (χ2v) is 4.83. The molecule has 104 valence electrons. The summed E-state index contributed by atoms with van der Waals surface area (Å²) in [5.74, 6) is 1.63. The van der Waals surface area contributed by atoms with Crippen molar-refractivity contribution in [3.8, 4) is 5.75 Å². The average Bonchev–Trinajstić information content (AvgIpc) is 3.12. The van der Waals surface area contributed by atoms with Crippen molar-refractivity contribution in [1.82, 2.24) is 15.3 Å². The zero-order chi connectivity index (χ0) is 13.8. The highest BCUT2D eigenvalue weighted by molar-refractivity contribution is 5.85. The lowest BCUT2D eigenvalue weighted by Gasteiger charge is -2.09. The molecule has 1 unspecified atom stereocenters. The van der Waals surface area contributed by atoms with Gasteiger partial charge in [-0.15, -0.1) is 0 Å². The number of nitrogens with zero attached hydrogens (tertiary/aromatic N) is 1. The molecule has 5 nitrogen and oxygen atoms in total. The van der Waals surface area contributed by atoms with Gasteiger partial charge in [0, 0.05) is 30.9 Å². The summed E-state index contributed by atoms with van der Waals surface area (Å²) in [5, 5.41) is 2.97. The highest BCUT2D eigenvalue weighted by Crippen LogP contribution is 2.33. The molecule has 20 heavy (non-hydrogen) atoms. The molecule has 1 aliphatic rings. The van der Waals surface area contributed by atoms with E-state index >= 15 is 0 Å². The Balaban J connectivity index is 1.48. The summed E-state index contributed by atoms with van der Waals surface area (Å²) >= 11 is 0. The van der Waals surface area contributed by atoms with Crippen LogP contribution in [0.4, 0.5) is 0 Å². The summed E-state index contributed by atoms with van der Waals surface area (Å²) in [5.41, 5.74) is 0.982. The molecule has 0 bridgehead atoms. The lowest BCUT2D eigenvalue weighted by molar-refractivity contribution is -0.122. The molecule has 1 aliphatic heterocycles. The Labute approximate surface area is 117 Å². The van der Waals surface area contributed by atoms with Crippen LogP contribution in [0.15, 0.2) is 36.7 Å². The molecule has 1 amide bonds. The highest BCUT2D eigenvalue weighted by atomic mass is 16.5. The minimum Gasteiger partial charge on any atom is -0.492 e. The molecule has 5 heteroatoms. The Morgan fingerprint density at radius 3 is 3.20 bits per heavy atom. The number of H-pyrrole nitrogens is 1. The number of ether oxygens (including phenoxy) is 1. The van der Waals surface area contributed by atoms with Crippen LogP contribution in [0.5, 0.6) is 5.75 Å². The molecule has 2 N–H and O–H groups in total. The monoisotopic (exact) mass is 271 g/mol. The first-order chi connectivity index (χ1) is 9.84. The van der Waals surface area contributed by atoms with Gasteiger partial charge in [0.15, 0.2) is 0 Å². The van der Waals surface area contributed by atoms with Gasteiger partial charge in [-0.3, -0.25) is 4.79 Å². The molecule has 0 fully saturated rings. The van der Waals surface area contributed by atoms with Gasteiger partial charge < -0.3 is 15.0 Å². The fraction of sp³-hybridized carbons (Fsp3) is 0.333. The number of amides is 1. The zero-order valence-corrected chi connectivity index (χ0v) is 11.1. The van der Waals surface area contributed by atoms with Crippen molar-refractivity contribution in [3.63, 3.8) is 0 Å². The minimum absolute atomic E-state index is 0.0365. The number of carbonyl (C=O) groups is 1. The van der Waals surface area contributed by atoms with Gasteiger partial charge in [-0.25, -0.2) is 4.98 Å². The van der Waals surface area contributed by atoms with Gasteiger partial charge in [-0.1, -0.05) is 18.2 Å². The molecule has 0 aliphatic carbocycles. The molecule has 0 saturated heterocycles. The molecular weight excluding hydrogens is 254 g/mol. The smallest absolute Gasteiger partial charge is 0.231 e. The molecule has 1 aromatic heterocycles. The van der Waals surface area contributed by atoms with E-state index in [0.717, 1.165) is 30.0 Å². The average molecular weight is 271 g/mol. The molecule has 0 saturated carbocycles. The number of fused-ring (bicyclic) bond motifs is 1. The lowest BCUT2D eigenvalue weighted by atomic mass is 10.0. The van der Waals surface area contributed by atoms with Crippen LogP contribution in [0.1, 0.15) is 23.7 Å². The fourth-order valence-electron chi connectivity index (χ4n) is 2.40. The van der Waals surface area contributed by atoms with Crippen LogP contribution < -0.4 is 10.1 Å². The van der Waals surface area contributed by atoms with Gasteiger partial charge in [0.1, 0.15) is 24.1 Å². The number of aromatic nitrogens is 2. The number of aryl methyl sites for hydroxylation is 1. The van der Waals surface area contributed by atoms with Gasteiger partial charge in [-0.05, 0) is 12.5 Å². The minimum atomic E-state index is -0.185. The van der Waals surface area contributed by atoms with Crippen molar-refractivity contribution in [2.24, 2.45) is 0 Å². The summed E-state index contributed by atoms with van der Waals surface area (Å²) in [4.78, 5) is 19.4. The van der Waals surface area contributed by atoms with Crippen molar-refractivity contribution >= 4 is 5.91 Å². The van der Waals surface area contributed by atoms with Gasteiger partial charge in [0.25, 0.3) is 0 Å². The molecular formula is C15H17N3O2. The first-order valence-electron chi connectivity index (χ1n) is 6.82. The second kappa shape index (κ2) is 5.77. The number of imidazole rings is 1. The van der Waals surface area contributed by atoms with E-state index in [9.17, 15) is 4.79 Å². The molecule has 2 heterocycles. The highest BCUT2D eigenvalue weighted by Gasteiger charge is 2.29. The maximum absolute atomic E-state index is 12.2. The third-order valence-electron chi connectivity index (χ3n) is 3.46. The Bertz CT molecular complexity index is 581. The van der Waals surface area contributed by atoms with Crippen molar-refractivity contribution in [2.75, 3.05) is 13.2 Å². The van der Waals surface area contributed by atoms with Crippen LogP contribution in [0, 0.1) is 0 Å². The van der Waals surface area contributed by atoms with E-state index in [2.05, 4.69) is 15.3 Å². The Morgan fingerprint density at radius 2 is 2.35 bits per heavy atom. The van der Waals surface area contributed by atoms with Crippen LogP contribution in [-0.2, 0) is 11.2 Å². The Morgan fingerprint density at radius 1 is 1.45 bits per heavy atom. The summed E-state index contributed by atoms with van der Waals surface area (Å²) < 4.78 is 5.52. The molecule has 0 radical (unpaired) electrons. The van der Waals surface area contributed by atoms with Gasteiger partial charge >= 0.3 is 0 Å². The number of hydrogen-bond donors (Lipinski definition) is 2. The molecule has 2 aromatic rings. The van der Waals surface area contributed by atoms with Gasteiger partial charge in [0.2, 0.25) is 5.91 Å². The fourth-order valence-corrected chi connectivity index (χ4v) is 2.40. The standard InChI is InChI=1S/C15H17N3O2/c19-15(18-7-3-6-14-16-8-9-17-14)12-10-20-13-5-2-1-4-11(12)13/h1-2,4-5,8-9,12H,3,6-7,10H2,(H,16,17)(H,18,19). The number of rotatable bonds is 5. The van der Waals surface area contributed by atoms with Crippen LogP contribution >= 0.6 is 0 Å². The van der Waals surface area contributed by atoms with E-state index in [4.69, 9.17) is 4.74 Å². The zero-order valence-electron chi connectivity index (χ0n) is 11.1. The van der Waals surface area contributed by atoms with Crippen LogP contribution in [-0.4, -0.2) is 29.0 Å². The van der Waals surface area contributed by atoms with Crippen LogP contribution in [0.25, 0.3) is 0 Å². The Kier molecular flexibility index (Phi) is 3.67. The molecule has 0 spiro atoms. The number of para-hydroxylation sites is 1. The lowest BCUT2D eigenvalue weighted by Crippen LogP contribution is -2.31. The number of nitrogens with one attached hydrogen (secondary N) is 2. The van der Waals surface area contributed by atoms with Crippen molar-refractivity contribution < 1.29 is 9.53 Å². The quantitative estimate of drug-likeness (QED) is 0.812. The number of hydrogen-bond acceptors (Lipinski definition) is 3. The van der Waals surface area contributed by atoms with Crippen LogP contribution in [0.2, 0.25) is 0 Å². The summed E-state index contributed by atoms with van der Waals surface area (Å²) in [7, 11) is 0. The predicted molar refractivity (Wildman–Crippen MR) is 74.6 cm³/mol. The van der Waals surface area contributed by atoms with Gasteiger partial charge in [0.05, 0.1) is 0 Å². The van der Waals surface area contributed by atoms with E-state index in [1.165, 1.54) is 0 Å². The second-order valence-electron chi connectivity index (χ2n) is 4.83. The Hall–Kier alpha value is -2.30. The largest absolute Gasteiger partial charge is 0.492 e. The molecule has 1 aromatic carbocycles. The van der Waals surface area contributed by atoms with E-state index in [1.807, 2.05) is 24.3 Å². The van der Waals surface area contributed by atoms with E-state index in [0.29, 0.717) is 13.2 Å². The first-order valence-corrected chi connectivity index (χ1v) is 6.82. The third-order valence-corrected chi connectivity index (χ3v) is 3.46. The maximum atomic E-state index is 12.2. The third kappa shape index (κ3) is 2.66. The predicted octanol–water partition coefficient (Wildman–Crippen LogP) is 1.63. The summed E-state index contributed by atoms with van der Waals surface area (Å²) in [6.45, 7) is 1.08. The van der Waals surface area contributed by atoms with Gasteiger partial charge in [-0.2, -0.15) is 0 Å². The number of benzene rings is 1. The number of aromatic amines is 1. The molecule has 1 atom stereocenters. The van der Waals surface area contributed by atoms with E-state index in [-0.39, 0.29) is 11.8 Å². The van der Waals surface area contributed by atoms with Crippen molar-refractivity contribution in [1.29, 1.82) is 0 Å². The van der Waals surface area contributed by atoms with Crippen molar-refractivity contribution in [3.05, 3.63) is 48.0 Å². The summed E-state index contributed by atoms with van der Waals surface area (Å²) in [6, 6.07) is 7.71. The topological polar surface area (TPSA) is 67.0 Å². The van der Waals surface area contributed by atoms with E-state index in [1.54, 1.807) is 12.4 Å². The maximum Gasteiger partial charge on any atom is 0.231 e.